The van der Waals surface area contributed by atoms with Gasteiger partial charge in [0, 0.05) is 56.0 Å². The summed E-state index contributed by atoms with van der Waals surface area (Å²) in [5.41, 5.74) is 2.77. The van der Waals surface area contributed by atoms with Crippen LogP contribution in [0.5, 0.6) is 0 Å². The molecule has 4 aromatic rings. The molecule has 1 aliphatic rings. The van der Waals surface area contributed by atoms with Crippen molar-refractivity contribution in [2.45, 2.75) is 20.8 Å². The van der Waals surface area contributed by atoms with Gasteiger partial charge in [0.2, 0.25) is 5.91 Å². The molecule has 0 atom stereocenters. The Balaban J connectivity index is 0.000000479. The van der Waals surface area contributed by atoms with Crippen molar-refractivity contribution in [3.05, 3.63) is 111 Å². The fraction of sp³-hybridized carbons (Fsp3) is 0.294. The normalized spacial score (nSPS) is 12.7. The predicted molar refractivity (Wildman–Crippen MR) is 173 cm³/mol. The molecule has 230 valence electrons. The number of benzene rings is 3. The van der Waals surface area contributed by atoms with Gasteiger partial charge >= 0.3 is 0 Å². The summed E-state index contributed by atoms with van der Waals surface area (Å²) in [6, 6.07) is 23.1. The van der Waals surface area contributed by atoms with Crippen LogP contribution in [0.15, 0.2) is 88.1 Å². The SMILES string of the molecule is CCN(CC)C(=O)c1ccccc1N1CCN(C(=O)CNC(=O)c2cc(=O)c3ccccc3o2)CC1.Cc1ccc(Cl)cc1. The van der Waals surface area contributed by atoms with Crippen LogP contribution in [0.2, 0.25) is 5.02 Å². The molecule has 0 aliphatic carbocycles. The predicted octanol–water partition coefficient (Wildman–Crippen LogP) is 5.00. The highest BCUT2D eigenvalue weighted by molar-refractivity contribution is 6.30. The number of amides is 3. The largest absolute Gasteiger partial charge is 0.451 e. The van der Waals surface area contributed by atoms with Gasteiger partial charge in [0.05, 0.1) is 17.5 Å². The maximum atomic E-state index is 13.0. The molecule has 1 saturated heterocycles. The van der Waals surface area contributed by atoms with E-state index in [4.69, 9.17) is 16.0 Å². The van der Waals surface area contributed by atoms with E-state index in [1.165, 1.54) is 5.56 Å². The van der Waals surface area contributed by atoms with E-state index in [2.05, 4.69) is 10.2 Å². The molecule has 3 amide bonds. The number of halogens is 1. The Morgan fingerprint density at radius 2 is 1.52 bits per heavy atom. The molecule has 3 aromatic carbocycles. The van der Waals surface area contributed by atoms with Crippen LogP contribution in [0.25, 0.3) is 11.0 Å². The molecule has 2 heterocycles. The highest BCUT2D eigenvalue weighted by Gasteiger charge is 2.25. The number of para-hydroxylation sites is 2. The second kappa shape index (κ2) is 15.2. The highest BCUT2D eigenvalue weighted by atomic mass is 35.5. The van der Waals surface area contributed by atoms with E-state index in [1.807, 2.05) is 69.3 Å². The van der Waals surface area contributed by atoms with Gasteiger partial charge < -0.3 is 24.4 Å². The maximum Gasteiger partial charge on any atom is 0.287 e. The molecule has 0 spiro atoms. The Kier molecular flexibility index (Phi) is 11.2. The average molecular weight is 617 g/mol. The number of hydrogen-bond donors (Lipinski definition) is 1. The molecule has 5 rings (SSSR count). The molecular formula is C34H37ClN4O5. The lowest BCUT2D eigenvalue weighted by Gasteiger charge is -2.37. The third kappa shape index (κ3) is 8.05. The number of nitrogens with one attached hydrogen (secondary N) is 1. The summed E-state index contributed by atoms with van der Waals surface area (Å²) in [6.07, 6.45) is 0. The van der Waals surface area contributed by atoms with Gasteiger partial charge in [-0.2, -0.15) is 0 Å². The van der Waals surface area contributed by atoms with Crippen LogP contribution in [0, 0.1) is 6.92 Å². The van der Waals surface area contributed by atoms with Crippen molar-refractivity contribution in [1.29, 1.82) is 0 Å². The van der Waals surface area contributed by atoms with Crippen LogP contribution in [0.3, 0.4) is 0 Å². The third-order valence-corrected chi connectivity index (χ3v) is 7.68. The van der Waals surface area contributed by atoms with Gasteiger partial charge in [-0.25, -0.2) is 0 Å². The molecule has 1 aliphatic heterocycles. The van der Waals surface area contributed by atoms with Crippen molar-refractivity contribution < 1.29 is 18.8 Å². The minimum Gasteiger partial charge on any atom is -0.451 e. The van der Waals surface area contributed by atoms with E-state index in [9.17, 15) is 19.2 Å². The van der Waals surface area contributed by atoms with E-state index in [0.29, 0.717) is 55.8 Å². The zero-order valence-corrected chi connectivity index (χ0v) is 26.0. The number of anilines is 1. The lowest BCUT2D eigenvalue weighted by atomic mass is 10.1. The average Bonchev–Trinajstić information content (AvgIpc) is 3.05. The van der Waals surface area contributed by atoms with Gasteiger partial charge in [-0.15, -0.1) is 0 Å². The minimum atomic E-state index is -0.617. The first-order chi connectivity index (χ1) is 21.2. The van der Waals surface area contributed by atoms with Crippen molar-refractivity contribution in [2.75, 3.05) is 50.7 Å². The molecule has 10 heteroatoms. The Morgan fingerprint density at radius 3 is 2.18 bits per heavy atom. The minimum absolute atomic E-state index is 0.00263. The Morgan fingerprint density at radius 1 is 0.886 bits per heavy atom. The van der Waals surface area contributed by atoms with Crippen LogP contribution in [0.1, 0.15) is 40.3 Å². The van der Waals surface area contributed by atoms with Crippen molar-refractivity contribution in [3.8, 4) is 0 Å². The summed E-state index contributed by atoms with van der Waals surface area (Å²) in [7, 11) is 0. The molecule has 9 nitrogen and oxygen atoms in total. The molecule has 0 saturated carbocycles. The monoisotopic (exact) mass is 616 g/mol. The first-order valence-electron chi connectivity index (χ1n) is 14.7. The zero-order valence-electron chi connectivity index (χ0n) is 25.2. The number of nitrogens with zero attached hydrogens (tertiary/aromatic N) is 3. The summed E-state index contributed by atoms with van der Waals surface area (Å²) < 4.78 is 5.53. The topological polar surface area (TPSA) is 103 Å². The van der Waals surface area contributed by atoms with Crippen LogP contribution >= 0.6 is 11.6 Å². The lowest BCUT2D eigenvalue weighted by Crippen LogP contribution is -2.51. The molecule has 0 unspecified atom stereocenters. The summed E-state index contributed by atoms with van der Waals surface area (Å²) in [5, 5.41) is 3.75. The van der Waals surface area contributed by atoms with Crippen LogP contribution in [-0.2, 0) is 4.79 Å². The third-order valence-electron chi connectivity index (χ3n) is 7.43. The molecule has 0 bridgehead atoms. The number of aryl methyl sites for hydroxylation is 1. The second-order valence-corrected chi connectivity index (χ2v) is 10.7. The van der Waals surface area contributed by atoms with Gasteiger partial charge in [0.1, 0.15) is 5.58 Å². The lowest BCUT2D eigenvalue weighted by molar-refractivity contribution is -0.130. The van der Waals surface area contributed by atoms with E-state index in [0.717, 1.165) is 16.8 Å². The number of carbonyl (C=O) groups excluding carboxylic acids is 3. The smallest absolute Gasteiger partial charge is 0.287 e. The zero-order chi connectivity index (χ0) is 31.6. The first kappa shape index (κ1) is 32.3. The van der Waals surface area contributed by atoms with E-state index in [-0.39, 0.29) is 29.5 Å². The Hall–Kier alpha value is -4.63. The molecule has 44 heavy (non-hydrogen) atoms. The second-order valence-electron chi connectivity index (χ2n) is 10.3. The van der Waals surface area contributed by atoms with E-state index in [1.54, 1.807) is 34.1 Å². The van der Waals surface area contributed by atoms with Gasteiger partial charge in [0.15, 0.2) is 11.2 Å². The Labute approximate surface area is 262 Å². The first-order valence-corrected chi connectivity index (χ1v) is 15.0. The van der Waals surface area contributed by atoms with Crippen LogP contribution < -0.4 is 15.6 Å². The van der Waals surface area contributed by atoms with E-state index < -0.39 is 5.91 Å². The quantitative estimate of drug-likeness (QED) is 0.313. The van der Waals surface area contributed by atoms with E-state index >= 15 is 0 Å². The van der Waals surface area contributed by atoms with Gasteiger partial charge in [-0.05, 0) is 57.2 Å². The molecule has 1 fully saturated rings. The molecule has 1 N–H and O–H groups in total. The number of piperazine rings is 1. The van der Waals surface area contributed by atoms with Crippen molar-refractivity contribution in [1.82, 2.24) is 15.1 Å². The standard InChI is InChI=1S/C27H30N4O5.C7H7Cl/c1-3-29(4-2)27(35)19-9-5-7-11-21(19)30-13-15-31(16-14-30)25(33)18-28-26(34)24-17-22(32)20-10-6-8-12-23(20)36-24;1-6-2-4-7(8)5-3-6/h5-12,17H,3-4,13-16,18H2,1-2H3,(H,28,34);2-5H,1H3. The summed E-state index contributed by atoms with van der Waals surface area (Å²) in [4.78, 5) is 56.0. The number of carbonyl (C=O) groups is 3. The van der Waals surface area contributed by atoms with Crippen molar-refractivity contribution >= 4 is 46.0 Å². The van der Waals surface area contributed by atoms with Crippen LogP contribution in [0.4, 0.5) is 5.69 Å². The molecule has 1 aromatic heterocycles. The van der Waals surface area contributed by atoms with Gasteiger partial charge in [-0.3, -0.25) is 19.2 Å². The summed E-state index contributed by atoms with van der Waals surface area (Å²) in [6.45, 7) is 9.11. The number of rotatable bonds is 7. The summed E-state index contributed by atoms with van der Waals surface area (Å²) in [5.74, 6) is -0.977. The summed E-state index contributed by atoms with van der Waals surface area (Å²) >= 11 is 5.61. The van der Waals surface area contributed by atoms with Crippen molar-refractivity contribution in [2.24, 2.45) is 0 Å². The molecule has 0 radical (unpaired) electrons. The van der Waals surface area contributed by atoms with Crippen molar-refractivity contribution in [3.63, 3.8) is 0 Å². The van der Waals surface area contributed by atoms with Gasteiger partial charge in [0.25, 0.3) is 11.8 Å². The van der Waals surface area contributed by atoms with Gasteiger partial charge in [-0.1, -0.05) is 53.6 Å². The molecular weight excluding hydrogens is 580 g/mol. The number of fused-ring (bicyclic) bond motifs is 1. The van der Waals surface area contributed by atoms with Crippen LogP contribution in [-0.4, -0.2) is 73.3 Å². The Bertz CT molecular complexity index is 1640. The maximum absolute atomic E-state index is 13.0. The fourth-order valence-electron chi connectivity index (χ4n) is 4.91. The highest BCUT2D eigenvalue weighted by Crippen LogP contribution is 2.23. The fourth-order valence-corrected chi connectivity index (χ4v) is 5.04. The number of hydrogen-bond acceptors (Lipinski definition) is 6.